The van der Waals surface area contributed by atoms with E-state index in [0.717, 1.165) is 17.6 Å². The molecule has 1 aromatic rings. The lowest BCUT2D eigenvalue weighted by Crippen LogP contribution is -1.96. The Labute approximate surface area is 157 Å². The number of unbranched alkanes of at least 4 members (excludes halogenated alkanes) is 10. The normalized spacial score (nSPS) is 11.0. The zero-order valence-electron chi connectivity index (χ0n) is 15.0. The lowest BCUT2D eigenvalue weighted by Gasteiger charge is -2.05. The van der Waals surface area contributed by atoms with Gasteiger partial charge < -0.3 is 4.74 Å². The Balaban J connectivity index is 1.82. The van der Waals surface area contributed by atoms with E-state index in [-0.39, 0.29) is 0 Å². The zero-order valence-corrected chi connectivity index (χ0v) is 17.2. The van der Waals surface area contributed by atoms with Crippen molar-refractivity contribution in [3.63, 3.8) is 0 Å². The summed E-state index contributed by atoms with van der Waals surface area (Å²) in [5, 5.41) is 0. The topological polar surface area (TPSA) is 9.23 Å². The van der Waals surface area contributed by atoms with Gasteiger partial charge in [0.1, 0.15) is 0 Å². The standard InChI is InChI=1S/C21H35IO/c1-2-3-4-5-6-7-8-9-10-11-12-17-23-19-21-15-13-20(18-22)14-16-21/h13-16H,2-12,17-19H2,1H3. The molecule has 1 aromatic carbocycles. The largest absolute Gasteiger partial charge is 0.377 e. The molecule has 0 atom stereocenters. The van der Waals surface area contributed by atoms with E-state index in [9.17, 15) is 0 Å². The first kappa shape index (κ1) is 21.0. The van der Waals surface area contributed by atoms with Crippen LogP contribution in [-0.2, 0) is 15.8 Å². The lowest BCUT2D eigenvalue weighted by atomic mass is 10.1. The molecule has 2 heteroatoms. The number of alkyl halides is 1. The second kappa shape index (κ2) is 15.4. The van der Waals surface area contributed by atoms with Crippen molar-refractivity contribution < 1.29 is 4.74 Å². The average Bonchev–Trinajstić information content (AvgIpc) is 2.59. The number of rotatable bonds is 15. The molecule has 0 spiro atoms. The number of hydrogen-bond acceptors (Lipinski definition) is 1. The van der Waals surface area contributed by atoms with Crippen LogP contribution in [0.4, 0.5) is 0 Å². The minimum Gasteiger partial charge on any atom is -0.377 e. The van der Waals surface area contributed by atoms with E-state index >= 15 is 0 Å². The van der Waals surface area contributed by atoms with Gasteiger partial charge in [0, 0.05) is 11.0 Å². The van der Waals surface area contributed by atoms with Crippen molar-refractivity contribution >= 4 is 22.6 Å². The third-order valence-corrected chi connectivity index (χ3v) is 5.22. The van der Waals surface area contributed by atoms with Crippen LogP contribution in [0.2, 0.25) is 0 Å². The SMILES string of the molecule is CCCCCCCCCCCCCOCc1ccc(CI)cc1. The summed E-state index contributed by atoms with van der Waals surface area (Å²) in [5.74, 6) is 0. The molecule has 0 aliphatic carbocycles. The number of hydrogen-bond donors (Lipinski definition) is 0. The van der Waals surface area contributed by atoms with Gasteiger partial charge in [0.2, 0.25) is 0 Å². The molecular weight excluding hydrogens is 395 g/mol. The number of benzene rings is 1. The molecule has 0 saturated heterocycles. The molecule has 0 unspecified atom stereocenters. The summed E-state index contributed by atoms with van der Waals surface area (Å²) in [4.78, 5) is 0. The fourth-order valence-electron chi connectivity index (χ4n) is 2.78. The van der Waals surface area contributed by atoms with Crippen molar-refractivity contribution in [3.8, 4) is 0 Å². The van der Waals surface area contributed by atoms with Crippen LogP contribution >= 0.6 is 22.6 Å². The van der Waals surface area contributed by atoms with E-state index in [1.54, 1.807) is 0 Å². The smallest absolute Gasteiger partial charge is 0.0716 e. The summed E-state index contributed by atoms with van der Waals surface area (Å²) in [7, 11) is 0. The highest BCUT2D eigenvalue weighted by Gasteiger charge is 1.96. The highest BCUT2D eigenvalue weighted by Crippen LogP contribution is 2.12. The van der Waals surface area contributed by atoms with Crippen molar-refractivity contribution in [1.29, 1.82) is 0 Å². The maximum atomic E-state index is 5.77. The lowest BCUT2D eigenvalue weighted by molar-refractivity contribution is 0.116. The predicted octanol–water partition coefficient (Wildman–Crippen LogP) is 7.45. The van der Waals surface area contributed by atoms with Gasteiger partial charge in [-0.05, 0) is 17.5 Å². The molecule has 0 amide bonds. The molecule has 0 N–H and O–H groups in total. The fourth-order valence-corrected chi connectivity index (χ4v) is 3.29. The van der Waals surface area contributed by atoms with Crippen molar-refractivity contribution in [2.24, 2.45) is 0 Å². The van der Waals surface area contributed by atoms with Gasteiger partial charge >= 0.3 is 0 Å². The molecule has 0 radical (unpaired) electrons. The van der Waals surface area contributed by atoms with Gasteiger partial charge in [0.05, 0.1) is 6.61 Å². The molecule has 1 nitrogen and oxygen atoms in total. The van der Waals surface area contributed by atoms with E-state index in [0.29, 0.717) is 0 Å². The molecule has 1 rings (SSSR count). The molecule has 0 fully saturated rings. The predicted molar refractivity (Wildman–Crippen MR) is 110 cm³/mol. The maximum absolute atomic E-state index is 5.77. The molecule has 0 heterocycles. The summed E-state index contributed by atoms with van der Waals surface area (Å²) < 4.78 is 6.85. The van der Waals surface area contributed by atoms with E-state index in [4.69, 9.17) is 4.74 Å². The van der Waals surface area contributed by atoms with E-state index in [2.05, 4.69) is 53.8 Å². The summed E-state index contributed by atoms with van der Waals surface area (Å²) in [6.45, 7) is 3.95. The van der Waals surface area contributed by atoms with Crippen molar-refractivity contribution in [1.82, 2.24) is 0 Å². The van der Waals surface area contributed by atoms with Gasteiger partial charge in [0.15, 0.2) is 0 Å². The Bertz CT molecular complexity index is 361. The second-order valence-corrected chi connectivity index (χ2v) is 7.30. The quantitative estimate of drug-likeness (QED) is 0.160. The first-order chi connectivity index (χ1) is 11.4. The zero-order chi connectivity index (χ0) is 16.6. The van der Waals surface area contributed by atoms with Gasteiger partial charge in [-0.3, -0.25) is 0 Å². The van der Waals surface area contributed by atoms with Crippen LogP contribution in [0.1, 0.15) is 88.7 Å². The third-order valence-electron chi connectivity index (χ3n) is 4.34. The van der Waals surface area contributed by atoms with E-state index in [1.165, 1.54) is 81.8 Å². The van der Waals surface area contributed by atoms with Crippen molar-refractivity contribution in [2.45, 2.75) is 88.6 Å². The molecule has 0 aromatic heterocycles. The van der Waals surface area contributed by atoms with Crippen LogP contribution in [0.15, 0.2) is 24.3 Å². The Hall–Kier alpha value is -0.0900. The minimum atomic E-state index is 0.763. The summed E-state index contributed by atoms with van der Waals surface area (Å²) in [6.07, 6.45) is 15.3. The second-order valence-electron chi connectivity index (χ2n) is 6.54. The van der Waals surface area contributed by atoms with Gasteiger partial charge in [-0.1, -0.05) is 118 Å². The van der Waals surface area contributed by atoms with Crippen LogP contribution < -0.4 is 0 Å². The molecule has 0 saturated carbocycles. The Morgan fingerprint density at radius 3 is 1.70 bits per heavy atom. The Morgan fingerprint density at radius 1 is 0.696 bits per heavy atom. The number of halogens is 1. The third kappa shape index (κ3) is 12.0. The van der Waals surface area contributed by atoms with Crippen LogP contribution in [0.5, 0.6) is 0 Å². The number of ether oxygens (including phenoxy) is 1. The van der Waals surface area contributed by atoms with E-state index < -0.39 is 0 Å². The minimum absolute atomic E-state index is 0.763. The highest BCUT2D eigenvalue weighted by molar-refractivity contribution is 14.1. The van der Waals surface area contributed by atoms with E-state index in [1.807, 2.05) is 0 Å². The first-order valence-electron chi connectivity index (χ1n) is 9.58. The van der Waals surface area contributed by atoms with Crippen LogP contribution in [0.25, 0.3) is 0 Å². The van der Waals surface area contributed by atoms with Gasteiger partial charge in [-0.2, -0.15) is 0 Å². The average molecular weight is 430 g/mol. The van der Waals surface area contributed by atoms with Crippen LogP contribution in [0, 0.1) is 0 Å². The van der Waals surface area contributed by atoms with Crippen LogP contribution in [-0.4, -0.2) is 6.61 Å². The van der Waals surface area contributed by atoms with Gasteiger partial charge in [0.25, 0.3) is 0 Å². The van der Waals surface area contributed by atoms with Crippen molar-refractivity contribution in [2.75, 3.05) is 6.61 Å². The van der Waals surface area contributed by atoms with Crippen molar-refractivity contribution in [3.05, 3.63) is 35.4 Å². The molecule has 0 bridgehead atoms. The monoisotopic (exact) mass is 430 g/mol. The maximum Gasteiger partial charge on any atom is 0.0716 e. The van der Waals surface area contributed by atoms with Gasteiger partial charge in [-0.25, -0.2) is 0 Å². The van der Waals surface area contributed by atoms with Crippen LogP contribution in [0.3, 0.4) is 0 Å². The summed E-state index contributed by atoms with van der Waals surface area (Å²) in [6, 6.07) is 8.78. The molecule has 0 aliphatic rings. The fraction of sp³-hybridized carbons (Fsp3) is 0.714. The summed E-state index contributed by atoms with van der Waals surface area (Å²) in [5.41, 5.74) is 2.68. The Kier molecular flexibility index (Phi) is 14.1. The molecular formula is C21H35IO. The van der Waals surface area contributed by atoms with Gasteiger partial charge in [-0.15, -0.1) is 0 Å². The molecule has 23 heavy (non-hydrogen) atoms. The molecule has 0 aliphatic heterocycles. The Morgan fingerprint density at radius 2 is 1.17 bits per heavy atom. The first-order valence-corrected chi connectivity index (χ1v) is 11.1. The highest BCUT2D eigenvalue weighted by atomic mass is 127. The molecule has 132 valence electrons. The summed E-state index contributed by atoms with van der Waals surface area (Å²) >= 11 is 2.40.